The summed E-state index contributed by atoms with van der Waals surface area (Å²) in [5, 5.41) is 5.45. The molecular weight excluding hydrogens is 345 g/mol. The number of aromatic nitrogens is 2. The van der Waals surface area contributed by atoms with Crippen LogP contribution in [0.25, 0.3) is 11.4 Å². The Morgan fingerprint density at radius 1 is 1.00 bits per heavy atom. The first-order chi connectivity index (χ1) is 11.5. The van der Waals surface area contributed by atoms with E-state index in [9.17, 15) is 0 Å². The van der Waals surface area contributed by atoms with E-state index in [2.05, 4.69) is 22.0 Å². The van der Waals surface area contributed by atoms with Crippen molar-refractivity contribution in [3.05, 3.63) is 70.0 Å². The molecule has 1 heterocycles. The molecule has 0 amide bonds. The lowest BCUT2D eigenvalue weighted by Gasteiger charge is -2.23. The van der Waals surface area contributed by atoms with E-state index < -0.39 is 0 Å². The summed E-state index contributed by atoms with van der Waals surface area (Å²) in [6, 6.07) is 15.4. The third-order valence-electron chi connectivity index (χ3n) is 3.97. The summed E-state index contributed by atoms with van der Waals surface area (Å²) in [4.78, 5) is 6.60. The number of hydrogen-bond acceptors (Lipinski definition) is 4. The van der Waals surface area contributed by atoms with Crippen molar-refractivity contribution in [1.82, 2.24) is 15.0 Å². The summed E-state index contributed by atoms with van der Waals surface area (Å²) in [6.07, 6.45) is 0. The lowest BCUT2D eigenvalue weighted by Crippen LogP contribution is -2.22. The van der Waals surface area contributed by atoms with E-state index in [0.29, 0.717) is 23.3 Å². The van der Waals surface area contributed by atoms with E-state index in [-0.39, 0.29) is 6.04 Å². The first-order valence-electron chi connectivity index (χ1n) is 7.57. The fourth-order valence-electron chi connectivity index (χ4n) is 2.38. The number of halogens is 2. The standard InChI is InChI=1S/C18H17Cl2N3O/c1-12(13-3-7-15(19)8-4-13)23(2)11-17-21-18(22-24-17)14-5-9-16(20)10-6-14/h3-10,12H,11H2,1-2H3. The molecule has 0 saturated carbocycles. The fourth-order valence-corrected chi connectivity index (χ4v) is 2.63. The summed E-state index contributed by atoms with van der Waals surface area (Å²) in [5.74, 6) is 1.14. The second-order valence-electron chi connectivity index (χ2n) is 5.66. The third kappa shape index (κ3) is 3.96. The van der Waals surface area contributed by atoms with Crippen LogP contribution in [0.2, 0.25) is 10.0 Å². The van der Waals surface area contributed by atoms with Gasteiger partial charge in [0.25, 0.3) is 0 Å². The molecule has 0 fully saturated rings. The quantitative estimate of drug-likeness (QED) is 0.623. The lowest BCUT2D eigenvalue weighted by molar-refractivity contribution is 0.216. The van der Waals surface area contributed by atoms with Crippen LogP contribution in [0.1, 0.15) is 24.4 Å². The predicted octanol–water partition coefficient (Wildman–Crippen LogP) is 5.24. The predicted molar refractivity (Wildman–Crippen MR) is 96.1 cm³/mol. The van der Waals surface area contributed by atoms with Gasteiger partial charge < -0.3 is 4.52 Å². The summed E-state index contributed by atoms with van der Waals surface area (Å²) in [6.45, 7) is 2.68. The molecule has 0 radical (unpaired) electrons. The molecule has 4 nitrogen and oxygen atoms in total. The summed E-state index contributed by atoms with van der Waals surface area (Å²) < 4.78 is 5.37. The van der Waals surface area contributed by atoms with Crippen molar-refractivity contribution in [3.8, 4) is 11.4 Å². The molecule has 0 aliphatic rings. The van der Waals surface area contributed by atoms with Crippen LogP contribution in [0, 0.1) is 0 Å². The van der Waals surface area contributed by atoms with Crippen LogP contribution < -0.4 is 0 Å². The Bertz CT molecular complexity index is 800. The van der Waals surface area contributed by atoms with Gasteiger partial charge in [0.15, 0.2) is 0 Å². The van der Waals surface area contributed by atoms with E-state index in [1.165, 1.54) is 5.56 Å². The molecular formula is C18H17Cl2N3O. The molecule has 0 spiro atoms. The average Bonchev–Trinajstić information content (AvgIpc) is 3.04. The van der Waals surface area contributed by atoms with Crippen molar-refractivity contribution >= 4 is 23.2 Å². The molecule has 24 heavy (non-hydrogen) atoms. The van der Waals surface area contributed by atoms with E-state index in [1.54, 1.807) is 0 Å². The first kappa shape index (κ1) is 17.0. The highest BCUT2D eigenvalue weighted by Crippen LogP contribution is 2.23. The van der Waals surface area contributed by atoms with Crippen LogP contribution in [0.5, 0.6) is 0 Å². The molecule has 0 bridgehead atoms. The molecule has 1 atom stereocenters. The monoisotopic (exact) mass is 361 g/mol. The molecule has 1 unspecified atom stereocenters. The maximum Gasteiger partial charge on any atom is 0.241 e. The van der Waals surface area contributed by atoms with Crippen molar-refractivity contribution in [1.29, 1.82) is 0 Å². The van der Waals surface area contributed by atoms with Crippen LogP contribution >= 0.6 is 23.2 Å². The van der Waals surface area contributed by atoms with Crippen LogP contribution in [0.3, 0.4) is 0 Å². The third-order valence-corrected chi connectivity index (χ3v) is 4.47. The lowest BCUT2D eigenvalue weighted by atomic mass is 10.1. The van der Waals surface area contributed by atoms with Crippen molar-refractivity contribution < 1.29 is 4.52 Å². The highest BCUT2D eigenvalue weighted by molar-refractivity contribution is 6.30. The molecule has 0 N–H and O–H groups in total. The van der Waals surface area contributed by atoms with Gasteiger partial charge in [-0.1, -0.05) is 40.5 Å². The Labute approximate surface area is 151 Å². The van der Waals surface area contributed by atoms with Gasteiger partial charge in [0.2, 0.25) is 11.7 Å². The molecule has 0 aliphatic heterocycles. The maximum absolute atomic E-state index is 5.94. The SMILES string of the molecule is CC(c1ccc(Cl)cc1)N(C)Cc1nc(-c2ccc(Cl)cc2)no1. The van der Waals surface area contributed by atoms with E-state index in [0.717, 1.165) is 10.6 Å². The molecule has 6 heteroatoms. The summed E-state index contributed by atoms with van der Waals surface area (Å²) in [7, 11) is 2.02. The Morgan fingerprint density at radius 3 is 2.21 bits per heavy atom. The van der Waals surface area contributed by atoms with Crippen LogP contribution in [0.15, 0.2) is 53.1 Å². The average molecular weight is 362 g/mol. The van der Waals surface area contributed by atoms with E-state index in [4.69, 9.17) is 27.7 Å². The highest BCUT2D eigenvalue weighted by Gasteiger charge is 2.16. The molecule has 3 rings (SSSR count). The molecule has 3 aromatic rings. The van der Waals surface area contributed by atoms with Gasteiger partial charge >= 0.3 is 0 Å². The van der Waals surface area contributed by atoms with Gasteiger partial charge in [0.05, 0.1) is 6.54 Å². The smallest absolute Gasteiger partial charge is 0.241 e. The van der Waals surface area contributed by atoms with Gasteiger partial charge in [-0.2, -0.15) is 4.98 Å². The summed E-state index contributed by atoms with van der Waals surface area (Å²) >= 11 is 11.8. The number of benzene rings is 2. The number of nitrogens with zero attached hydrogens (tertiary/aromatic N) is 3. The molecule has 124 valence electrons. The minimum Gasteiger partial charge on any atom is -0.338 e. The van der Waals surface area contributed by atoms with Crippen molar-refractivity contribution in [2.75, 3.05) is 7.05 Å². The summed E-state index contributed by atoms with van der Waals surface area (Å²) in [5.41, 5.74) is 2.06. The van der Waals surface area contributed by atoms with Crippen LogP contribution in [-0.2, 0) is 6.54 Å². The molecule has 1 aromatic heterocycles. The second-order valence-corrected chi connectivity index (χ2v) is 6.53. The van der Waals surface area contributed by atoms with Gasteiger partial charge in [-0.05, 0) is 55.9 Å². The number of rotatable bonds is 5. The zero-order chi connectivity index (χ0) is 17.1. The van der Waals surface area contributed by atoms with E-state index >= 15 is 0 Å². The molecule has 0 aliphatic carbocycles. The fraction of sp³-hybridized carbons (Fsp3) is 0.222. The minimum absolute atomic E-state index is 0.202. The van der Waals surface area contributed by atoms with Gasteiger partial charge in [0, 0.05) is 21.7 Å². The Kier molecular flexibility index (Phi) is 5.19. The zero-order valence-corrected chi connectivity index (χ0v) is 14.9. The van der Waals surface area contributed by atoms with Crippen LogP contribution in [-0.4, -0.2) is 22.1 Å². The van der Waals surface area contributed by atoms with Crippen molar-refractivity contribution in [2.24, 2.45) is 0 Å². The largest absolute Gasteiger partial charge is 0.338 e. The molecule has 2 aromatic carbocycles. The second kappa shape index (κ2) is 7.34. The van der Waals surface area contributed by atoms with Gasteiger partial charge in [-0.3, -0.25) is 4.90 Å². The van der Waals surface area contributed by atoms with Gasteiger partial charge in [-0.15, -0.1) is 0 Å². The maximum atomic E-state index is 5.94. The van der Waals surface area contributed by atoms with Gasteiger partial charge in [0.1, 0.15) is 0 Å². The first-order valence-corrected chi connectivity index (χ1v) is 8.33. The van der Waals surface area contributed by atoms with E-state index in [1.807, 2.05) is 55.6 Å². The Morgan fingerprint density at radius 2 is 1.58 bits per heavy atom. The van der Waals surface area contributed by atoms with Crippen molar-refractivity contribution in [2.45, 2.75) is 19.5 Å². The minimum atomic E-state index is 0.202. The highest BCUT2D eigenvalue weighted by atomic mass is 35.5. The Hall–Kier alpha value is -1.88. The molecule has 0 saturated heterocycles. The normalized spacial score (nSPS) is 12.5. The number of hydrogen-bond donors (Lipinski definition) is 0. The van der Waals surface area contributed by atoms with Crippen molar-refractivity contribution in [3.63, 3.8) is 0 Å². The zero-order valence-electron chi connectivity index (χ0n) is 13.4. The van der Waals surface area contributed by atoms with Crippen LogP contribution in [0.4, 0.5) is 0 Å². The Balaban J connectivity index is 1.69. The topological polar surface area (TPSA) is 42.2 Å². The van der Waals surface area contributed by atoms with Gasteiger partial charge in [-0.25, -0.2) is 0 Å².